The first-order valence-corrected chi connectivity index (χ1v) is 6.30. The molecule has 92 valence electrons. The van der Waals surface area contributed by atoms with Gasteiger partial charge in [-0.1, -0.05) is 6.92 Å². The van der Waals surface area contributed by atoms with Crippen molar-refractivity contribution in [1.82, 2.24) is 0 Å². The van der Waals surface area contributed by atoms with E-state index >= 15 is 0 Å². The summed E-state index contributed by atoms with van der Waals surface area (Å²) >= 11 is 0. The minimum Gasteiger partial charge on any atom is -0.494 e. The average molecular weight is 232 g/mol. The molecule has 0 saturated heterocycles. The van der Waals surface area contributed by atoms with Gasteiger partial charge in [0.15, 0.2) is 0 Å². The third-order valence-electron chi connectivity index (χ3n) is 3.38. The van der Waals surface area contributed by atoms with E-state index in [9.17, 15) is 0 Å². The predicted molar refractivity (Wildman–Crippen MR) is 69.4 cm³/mol. The van der Waals surface area contributed by atoms with E-state index in [1.54, 1.807) is 6.26 Å². The van der Waals surface area contributed by atoms with E-state index in [1.807, 2.05) is 19.1 Å². The Morgan fingerprint density at radius 3 is 3.00 bits per heavy atom. The molecule has 2 heteroatoms. The van der Waals surface area contributed by atoms with Crippen molar-refractivity contribution < 1.29 is 9.15 Å². The highest BCUT2D eigenvalue weighted by molar-refractivity contribution is 5.55. The van der Waals surface area contributed by atoms with Crippen LogP contribution in [0.5, 0.6) is 0 Å². The molecule has 0 fully saturated rings. The highest BCUT2D eigenvalue weighted by Crippen LogP contribution is 2.35. The molecule has 0 saturated carbocycles. The van der Waals surface area contributed by atoms with E-state index in [0.29, 0.717) is 5.92 Å². The van der Waals surface area contributed by atoms with Gasteiger partial charge < -0.3 is 9.15 Å². The lowest BCUT2D eigenvalue weighted by molar-refractivity contribution is 0.223. The summed E-state index contributed by atoms with van der Waals surface area (Å²) in [5.74, 6) is 2.59. The molecule has 0 spiro atoms. The van der Waals surface area contributed by atoms with E-state index in [-0.39, 0.29) is 0 Å². The number of ether oxygens (including phenoxy) is 1. The molecule has 17 heavy (non-hydrogen) atoms. The van der Waals surface area contributed by atoms with Crippen LogP contribution in [0.2, 0.25) is 0 Å². The molecule has 1 aromatic rings. The first-order chi connectivity index (χ1) is 8.22. The summed E-state index contributed by atoms with van der Waals surface area (Å²) in [6.07, 6.45) is 6.05. The molecule has 0 radical (unpaired) electrons. The molecular formula is C15H20O2. The Bertz CT molecular complexity index is 424. The topological polar surface area (TPSA) is 22.4 Å². The summed E-state index contributed by atoms with van der Waals surface area (Å²) in [6.45, 7) is 7.18. The van der Waals surface area contributed by atoms with Crippen molar-refractivity contribution in [3.8, 4) is 0 Å². The van der Waals surface area contributed by atoms with Crippen molar-refractivity contribution >= 4 is 6.08 Å². The highest BCUT2D eigenvalue weighted by Gasteiger charge is 2.21. The van der Waals surface area contributed by atoms with Gasteiger partial charge in [0.2, 0.25) is 0 Å². The third kappa shape index (κ3) is 2.63. The summed E-state index contributed by atoms with van der Waals surface area (Å²) in [5, 5.41) is 0. The molecule has 1 atom stereocenters. The fourth-order valence-electron chi connectivity index (χ4n) is 2.21. The molecule has 0 N–H and O–H groups in total. The van der Waals surface area contributed by atoms with Crippen molar-refractivity contribution in [3.63, 3.8) is 0 Å². The van der Waals surface area contributed by atoms with Crippen molar-refractivity contribution in [2.24, 2.45) is 5.92 Å². The fraction of sp³-hybridized carbons (Fsp3) is 0.467. The minimum absolute atomic E-state index is 0.616. The predicted octanol–water partition coefficient (Wildman–Crippen LogP) is 4.40. The van der Waals surface area contributed by atoms with Crippen LogP contribution in [-0.2, 0) is 4.74 Å². The van der Waals surface area contributed by atoms with Gasteiger partial charge in [0.25, 0.3) is 0 Å². The molecular weight excluding hydrogens is 212 g/mol. The Labute approximate surface area is 103 Å². The fourth-order valence-corrected chi connectivity index (χ4v) is 2.21. The van der Waals surface area contributed by atoms with Crippen LogP contribution in [0.4, 0.5) is 0 Å². The zero-order valence-electron chi connectivity index (χ0n) is 10.8. The minimum atomic E-state index is 0.616. The number of rotatable bonds is 3. The van der Waals surface area contributed by atoms with Gasteiger partial charge >= 0.3 is 0 Å². The summed E-state index contributed by atoms with van der Waals surface area (Å²) in [7, 11) is 0. The zero-order chi connectivity index (χ0) is 12.3. The monoisotopic (exact) mass is 232 g/mol. The van der Waals surface area contributed by atoms with E-state index < -0.39 is 0 Å². The van der Waals surface area contributed by atoms with Gasteiger partial charge in [-0.2, -0.15) is 0 Å². The maximum Gasteiger partial charge on any atom is 0.127 e. The van der Waals surface area contributed by atoms with Gasteiger partial charge in [0, 0.05) is 0 Å². The molecule has 1 aromatic heterocycles. The molecule has 1 unspecified atom stereocenters. The Balaban J connectivity index is 2.33. The Morgan fingerprint density at radius 2 is 2.35 bits per heavy atom. The normalized spacial score (nSPS) is 23.2. The standard InChI is InChI=1S/C15H20O2/c1-4-16-15-12(3)11(2)7-8-13(15)10-14-6-5-9-17-14/h5-6,9-11H,4,7-8H2,1-3H3/b13-10+. The molecule has 0 aliphatic heterocycles. The first kappa shape index (κ1) is 12.0. The molecule has 0 amide bonds. The Kier molecular flexibility index (Phi) is 3.72. The zero-order valence-corrected chi connectivity index (χ0v) is 10.8. The van der Waals surface area contributed by atoms with Crippen LogP contribution in [0.25, 0.3) is 6.08 Å². The summed E-state index contributed by atoms with van der Waals surface area (Å²) in [5.41, 5.74) is 2.62. The molecule has 1 aliphatic carbocycles. The summed E-state index contributed by atoms with van der Waals surface area (Å²) in [4.78, 5) is 0. The van der Waals surface area contributed by atoms with Crippen LogP contribution >= 0.6 is 0 Å². The quantitative estimate of drug-likeness (QED) is 0.770. The van der Waals surface area contributed by atoms with Crippen molar-refractivity contribution in [1.29, 1.82) is 0 Å². The average Bonchev–Trinajstić information content (AvgIpc) is 2.81. The maximum atomic E-state index is 5.80. The van der Waals surface area contributed by atoms with Gasteiger partial charge in [0.05, 0.1) is 12.9 Å². The van der Waals surface area contributed by atoms with E-state index in [2.05, 4.69) is 19.9 Å². The van der Waals surface area contributed by atoms with Crippen molar-refractivity contribution in [2.45, 2.75) is 33.6 Å². The molecule has 1 heterocycles. The van der Waals surface area contributed by atoms with E-state index in [1.165, 1.54) is 17.6 Å². The second-order valence-electron chi connectivity index (χ2n) is 4.57. The van der Waals surface area contributed by atoms with Gasteiger partial charge in [-0.15, -0.1) is 0 Å². The smallest absolute Gasteiger partial charge is 0.127 e. The van der Waals surface area contributed by atoms with Crippen LogP contribution in [-0.4, -0.2) is 6.61 Å². The number of hydrogen-bond donors (Lipinski definition) is 0. The van der Waals surface area contributed by atoms with Crippen molar-refractivity contribution in [3.05, 3.63) is 41.1 Å². The molecule has 0 bridgehead atoms. The Hall–Kier alpha value is -1.44. The van der Waals surface area contributed by atoms with Crippen LogP contribution < -0.4 is 0 Å². The molecule has 1 aliphatic rings. The summed E-state index contributed by atoms with van der Waals surface area (Å²) in [6, 6.07) is 3.89. The van der Waals surface area contributed by atoms with Gasteiger partial charge in [-0.3, -0.25) is 0 Å². The van der Waals surface area contributed by atoms with E-state index in [0.717, 1.165) is 24.5 Å². The largest absolute Gasteiger partial charge is 0.494 e. The number of furan rings is 1. The van der Waals surface area contributed by atoms with Crippen molar-refractivity contribution in [2.75, 3.05) is 6.61 Å². The molecule has 2 nitrogen and oxygen atoms in total. The van der Waals surface area contributed by atoms with E-state index in [4.69, 9.17) is 9.15 Å². The highest BCUT2D eigenvalue weighted by atomic mass is 16.5. The Morgan fingerprint density at radius 1 is 1.53 bits per heavy atom. The van der Waals surface area contributed by atoms with Crippen LogP contribution in [0.15, 0.2) is 39.7 Å². The van der Waals surface area contributed by atoms with Crippen LogP contribution in [0, 0.1) is 5.92 Å². The maximum absolute atomic E-state index is 5.80. The second kappa shape index (κ2) is 5.26. The van der Waals surface area contributed by atoms with Gasteiger partial charge in [0.1, 0.15) is 11.5 Å². The van der Waals surface area contributed by atoms with Gasteiger partial charge in [-0.25, -0.2) is 0 Å². The lowest BCUT2D eigenvalue weighted by Gasteiger charge is -2.25. The lowest BCUT2D eigenvalue weighted by Crippen LogP contribution is -2.12. The first-order valence-electron chi connectivity index (χ1n) is 6.30. The van der Waals surface area contributed by atoms with Crippen LogP contribution in [0.1, 0.15) is 39.4 Å². The molecule has 2 rings (SSSR count). The summed E-state index contributed by atoms with van der Waals surface area (Å²) < 4.78 is 11.2. The number of hydrogen-bond acceptors (Lipinski definition) is 2. The lowest BCUT2D eigenvalue weighted by atomic mass is 9.85. The molecule has 0 aromatic carbocycles. The SMILES string of the molecule is CCOC1=C(C)C(C)CC/C1=C\c1ccco1. The van der Waals surface area contributed by atoms with Gasteiger partial charge in [-0.05, 0) is 62.0 Å². The van der Waals surface area contributed by atoms with Crippen LogP contribution in [0.3, 0.4) is 0 Å². The number of allylic oxidation sites excluding steroid dienone is 2. The second-order valence-corrected chi connectivity index (χ2v) is 4.57. The third-order valence-corrected chi connectivity index (χ3v) is 3.38.